The second-order valence-electron chi connectivity index (χ2n) is 10.1. The topological polar surface area (TPSA) is 105 Å². The molecule has 6 rings (SSSR count). The third-order valence-electron chi connectivity index (χ3n) is 6.93. The van der Waals surface area contributed by atoms with Gasteiger partial charge in [-0.2, -0.15) is 5.10 Å². The zero-order chi connectivity index (χ0) is 27.6. The van der Waals surface area contributed by atoms with Gasteiger partial charge in [0.1, 0.15) is 11.9 Å². The van der Waals surface area contributed by atoms with Crippen LogP contribution in [0.25, 0.3) is 16.9 Å². The minimum Gasteiger partial charge on any atom is -0.353 e. The molecule has 5 heterocycles. The minimum absolute atomic E-state index is 0.0916. The zero-order valence-electron chi connectivity index (χ0n) is 22.0. The molecule has 1 amide bonds. The van der Waals surface area contributed by atoms with Crippen LogP contribution in [-0.4, -0.2) is 65.7 Å². The number of likely N-dealkylation sites (tertiary alicyclic amines) is 1. The molecule has 10 nitrogen and oxygen atoms in total. The molecule has 0 radical (unpaired) electrons. The number of rotatable bonds is 8. The molecule has 40 heavy (non-hydrogen) atoms. The summed E-state index contributed by atoms with van der Waals surface area (Å²) in [6.07, 6.45) is 11.8. The normalized spacial score (nSPS) is 17.8. The van der Waals surface area contributed by atoms with Gasteiger partial charge >= 0.3 is 0 Å². The van der Waals surface area contributed by atoms with Gasteiger partial charge < -0.3 is 10.6 Å². The van der Waals surface area contributed by atoms with E-state index in [0.29, 0.717) is 11.5 Å². The summed E-state index contributed by atoms with van der Waals surface area (Å²) in [5, 5.41) is 10.5. The van der Waals surface area contributed by atoms with Crippen LogP contribution in [0.15, 0.2) is 47.4 Å². The summed E-state index contributed by atoms with van der Waals surface area (Å²) in [5.74, 6) is -1.72. The smallest absolute Gasteiger partial charge is 0.246 e. The van der Waals surface area contributed by atoms with E-state index in [2.05, 4.69) is 25.6 Å². The van der Waals surface area contributed by atoms with E-state index in [1.54, 1.807) is 30.5 Å². The van der Waals surface area contributed by atoms with Gasteiger partial charge in [-0.25, -0.2) is 23.1 Å². The van der Waals surface area contributed by atoms with E-state index in [1.807, 2.05) is 17.5 Å². The first kappa shape index (κ1) is 26.4. The molecule has 2 aliphatic rings. The average Bonchev–Trinajstić information content (AvgIpc) is 3.67. The lowest BCUT2D eigenvalue weighted by atomic mass is 10.1. The number of hydrogen-bond donors (Lipinski definition) is 2. The monoisotopic (exact) mass is 565 g/mol. The maximum atomic E-state index is 13.4. The van der Waals surface area contributed by atoms with Gasteiger partial charge in [0, 0.05) is 48.4 Å². The van der Waals surface area contributed by atoms with Crippen LogP contribution in [0.2, 0.25) is 0 Å². The summed E-state index contributed by atoms with van der Waals surface area (Å²) in [5.41, 5.74) is 4.46. The quantitative estimate of drug-likeness (QED) is 0.303. The van der Waals surface area contributed by atoms with E-state index in [9.17, 15) is 13.6 Å². The Morgan fingerprint density at radius 2 is 1.98 bits per heavy atom. The Bertz CT molecular complexity index is 1580. The second-order valence-corrected chi connectivity index (χ2v) is 11.1. The first-order chi connectivity index (χ1) is 19.4. The van der Waals surface area contributed by atoms with Gasteiger partial charge in [-0.3, -0.25) is 18.8 Å². The molecule has 1 fully saturated rings. The average molecular weight is 566 g/mol. The zero-order valence-corrected chi connectivity index (χ0v) is 22.8. The van der Waals surface area contributed by atoms with Crippen molar-refractivity contribution in [2.75, 3.05) is 30.3 Å². The lowest BCUT2D eigenvalue weighted by Gasteiger charge is -2.26. The van der Waals surface area contributed by atoms with Gasteiger partial charge in [-0.05, 0) is 56.9 Å². The van der Waals surface area contributed by atoms with Gasteiger partial charge in [-0.1, -0.05) is 6.42 Å². The van der Waals surface area contributed by atoms with Crippen molar-refractivity contribution < 1.29 is 13.6 Å². The van der Waals surface area contributed by atoms with E-state index in [0.717, 1.165) is 55.1 Å². The van der Waals surface area contributed by atoms with E-state index in [-0.39, 0.29) is 17.6 Å². The van der Waals surface area contributed by atoms with Crippen LogP contribution in [0.3, 0.4) is 0 Å². The Kier molecular flexibility index (Phi) is 7.48. The van der Waals surface area contributed by atoms with Crippen LogP contribution in [0, 0.1) is 18.6 Å². The van der Waals surface area contributed by atoms with Crippen molar-refractivity contribution in [3.05, 3.63) is 60.3 Å². The number of hydrogen-bond acceptors (Lipinski definition) is 8. The number of fused-ring (bicyclic) bond motifs is 1. The molecule has 13 heteroatoms. The van der Waals surface area contributed by atoms with Crippen molar-refractivity contribution in [2.24, 2.45) is 4.40 Å². The van der Waals surface area contributed by atoms with Crippen LogP contribution in [0.1, 0.15) is 31.4 Å². The number of aryl methyl sites for hydroxylation is 1. The maximum Gasteiger partial charge on any atom is 0.246 e. The SMILES string of the molecule is Cc1cn2c(-c3cnn(CC(=O)Nc4ccc(F)c(F)c4)c3)cnc2c(NC2CC(CN3CCCCC3)=NS2)n1. The fourth-order valence-electron chi connectivity index (χ4n) is 5.05. The molecular weight excluding hydrogens is 536 g/mol. The highest BCUT2D eigenvalue weighted by Gasteiger charge is 2.24. The Morgan fingerprint density at radius 3 is 2.80 bits per heavy atom. The number of halogens is 2. The predicted octanol–water partition coefficient (Wildman–Crippen LogP) is 4.53. The fraction of sp³-hybridized carbons (Fsp3) is 0.370. The molecule has 3 aromatic heterocycles. The number of benzene rings is 1. The van der Waals surface area contributed by atoms with Crippen molar-refractivity contribution in [1.29, 1.82) is 0 Å². The Hall–Kier alpha value is -3.84. The largest absolute Gasteiger partial charge is 0.353 e. The summed E-state index contributed by atoms with van der Waals surface area (Å²) in [4.78, 5) is 24.3. The van der Waals surface area contributed by atoms with Gasteiger partial charge in [-0.15, -0.1) is 0 Å². The molecule has 4 aromatic rings. The minimum atomic E-state index is -1.03. The number of imidazole rings is 1. The number of amides is 1. The maximum absolute atomic E-state index is 13.4. The Balaban J connectivity index is 1.13. The highest BCUT2D eigenvalue weighted by molar-refractivity contribution is 7.99. The number of carbonyl (C=O) groups is 1. The Morgan fingerprint density at radius 1 is 1.12 bits per heavy atom. The Labute approximate surface area is 234 Å². The number of carbonyl (C=O) groups excluding carboxylic acids is 1. The van der Waals surface area contributed by atoms with E-state index in [4.69, 9.17) is 9.38 Å². The van der Waals surface area contributed by atoms with Crippen molar-refractivity contribution in [3.63, 3.8) is 0 Å². The molecule has 1 unspecified atom stereocenters. The standard InChI is InChI=1S/C27H29F2N9OS/c1-17-13-38-23(18-11-31-37(14-18)16-24(39)33-19-5-6-21(28)22(29)9-19)12-30-27(38)26(32-17)34-25-10-20(35-40-25)15-36-7-3-2-4-8-36/h5-6,9,11-14,25H,2-4,7-8,10,15-16H2,1H3,(H,32,34)(H,33,39). The van der Waals surface area contributed by atoms with E-state index >= 15 is 0 Å². The van der Waals surface area contributed by atoms with Crippen molar-refractivity contribution in [1.82, 2.24) is 29.0 Å². The van der Waals surface area contributed by atoms with Gasteiger partial charge in [0.25, 0.3) is 0 Å². The molecule has 1 atom stereocenters. The van der Waals surface area contributed by atoms with Crippen molar-refractivity contribution in [3.8, 4) is 11.3 Å². The molecule has 0 saturated carbocycles. The molecule has 208 valence electrons. The highest BCUT2D eigenvalue weighted by atomic mass is 32.2. The summed E-state index contributed by atoms with van der Waals surface area (Å²) in [7, 11) is 0. The predicted molar refractivity (Wildman–Crippen MR) is 151 cm³/mol. The number of nitrogens with one attached hydrogen (secondary N) is 2. The number of anilines is 2. The lowest BCUT2D eigenvalue weighted by Crippen LogP contribution is -2.34. The molecular formula is C27H29F2N9OS. The lowest BCUT2D eigenvalue weighted by molar-refractivity contribution is -0.116. The van der Waals surface area contributed by atoms with Gasteiger partial charge in [0.05, 0.1) is 23.8 Å². The van der Waals surface area contributed by atoms with Crippen LogP contribution in [0.4, 0.5) is 20.3 Å². The summed E-state index contributed by atoms with van der Waals surface area (Å²) in [6, 6.07) is 3.21. The summed E-state index contributed by atoms with van der Waals surface area (Å²) < 4.78 is 34.8. The third kappa shape index (κ3) is 5.85. The first-order valence-electron chi connectivity index (χ1n) is 13.2. The van der Waals surface area contributed by atoms with Crippen LogP contribution >= 0.6 is 11.9 Å². The molecule has 2 N–H and O–H groups in total. The summed E-state index contributed by atoms with van der Waals surface area (Å²) in [6.45, 7) is 5.06. The molecule has 2 aliphatic heterocycles. The molecule has 1 saturated heterocycles. The molecule has 1 aromatic carbocycles. The van der Waals surface area contributed by atoms with E-state index < -0.39 is 17.5 Å². The van der Waals surface area contributed by atoms with Gasteiger partial charge in [0.15, 0.2) is 23.1 Å². The second kappa shape index (κ2) is 11.3. The van der Waals surface area contributed by atoms with Crippen LogP contribution in [0.5, 0.6) is 0 Å². The molecule has 0 spiro atoms. The first-order valence-corrected chi connectivity index (χ1v) is 14.1. The fourth-order valence-corrected chi connectivity index (χ4v) is 5.89. The highest BCUT2D eigenvalue weighted by Crippen LogP contribution is 2.30. The van der Waals surface area contributed by atoms with Gasteiger partial charge in [0.2, 0.25) is 5.91 Å². The number of aromatic nitrogens is 5. The van der Waals surface area contributed by atoms with Crippen LogP contribution in [-0.2, 0) is 11.3 Å². The van der Waals surface area contributed by atoms with E-state index in [1.165, 1.54) is 35.7 Å². The third-order valence-corrected chi connectivity index (χ3v) is 7.84. The summed E-state index contributed by atoms with van der Waals surface area (Å²) >= 11 is 1.54. The molecule has 0 aliphatic carbocycles. The molecule has 0 bridgehead atoms. The van der Waals surface area contributed by atoms with Crippen molar-refractivity contribution in [2.45, 2.75) is 44.5 Å². The van der Waals surface area contributed by atoms with Crippen LogP contribution < -0.4 is 10.6 Å². The number of nitrogens with zero attached hydrogens (tertiary/aromatic N) is 7. The van der Waals surface area contributed by atoms with Crippen molar-refractivity contribution >= 4 is 40.7 Å². The number of piperidine rings is 1.